The van der Waals surface area contributed by atoms with Gasteiger partial charge < -0.3 is 14.0 Å². The van der Waals surface area contributed by atoms with Gasteiger partial charge in [-0.3, -0.25) is 4.98 Å². The van der Waals surface area contributed by atoms with E-state index in [1.54, 1.807) is 0 Å². The molecule has 0 amide bonds. The number of rotatable bonds is 6. The summed E-state index contributed by atoms with van der Waals surface area (Å²) in [7, 11) is 0. The Balaban J connectivity index is 0.000000194. The van der Waals surface area contributed by atoms with Crippen LogP contribution in [0.5, 0.6) is 0 Å². The molecule has 0 aliphatic carbocycles. The van der Waals surface area contributed by atoms with Crippen molar-refractivity contribution in [3.63, 3.8) is 0 Å². The van der Waals surface area contributed by atoms with E-state index < -0.39 is 0 Å². The normalized spacial score (nSPS) is 11.2. The van der Waals surface area contributed by atoms with Crippen molar-refractivity contribution in [2.45, 2.75) is 39.5 Å². The van der Waals surface area contributed by atoms with Crippen molar-refractivity contribution >= 4 is 33.2 Å². The van der Waals surface area contributed by atoms with Gasteiger partial charge in [0.25, 0.3) is 0 Å². The van der Waals surface area contributed by atoms with Gasteiger partial charge in [-0.15, -0.1) is 64.3 Å². The Morgan fingerprint density at radius 1 is 0.660 bits per heavy atom. The first-order chi connectivity index (χ1) is 25.5. The van der Waals surface area contributed by atoms with Crippen LogP contribution in [0.4, 0.5) is 0 Å². The summed E-state index contributed by atoms with van der Waals surface area (Å²) >= 11 is 0. The van der Waals surface area contributed by atoms with E-state index >= 15 is 0 Å². The van der Waals surface area contributed by atoms with Gasteiger partial charge in [0.15, 0.2) is 0 Å². The van der Waals surface area contributed by atoms with Gasteiger partial charge in [-0.1, -0.05) is 111 Å². The minimum absolute atomic E-state index is 0. The number of aromatic nitrogens is 7. The van der Waals surface area contributed by atoms with Crippen LogP contribution >= 0.6 is 0 Å². The molecule has 0 N–H and O–H groups in total. The Labute approximate surface area is 321 Å². The minimum Gasteiger partial charge on any atom is -0.501 e. The summed E-state index contributed by atoms with van der Waals surface area (Å²) in [6.45, 7) is 8.78. The Kier molecular flexibility index (Phi) is 10.3. The van der Waals surface area contributed by atoms with Gasteiger partial charge >= 0.3 is 0 Å². The molecule has 0 spiro atoms. The molecule has 0 aliphatic rings. The van der Waals surface area contributed by atoms with Crippen LogP contribution in [-0.4, -0.2) is 35.2 Å². The summed E-state index contributed by atoms with van der Waals surface area (Å²) in [5.74, 6) is 1.23. The molecule has 4 heterocycles. The van der Waals surface area contributed by atoms with Crippen LogP contribution in [0.25, 0.3) is 72.7 Å². The topological polar surface area (TPSA) is 95.4 Å². The Hall–Kier alpha value is -5.89. The second-order valence-corrected chi connectivity index (χ2v) is 13.2. The molecule has 0 bridgehead atoms. The van der Waals surface area contributed by atoms with Gasteiger partial charge in [0, 0.05) is 37.4 Å². The number of hydrogen-bond acceptors (Lipinski definition) is 7. The number of para-hydroxylation sites is 2. The maximum Gasteiger partial charge on any atom is 0.214 e. The summed E-state index contributed by atoms with van der Waals surface area (Å²) in [5, 5.41) is 18.2. The molecule has 8 nitrogen and oxygen atoms in total. The van der Waals surface area contributed by atoms with Gasteiger partial charge in [0.05, 0.1) is 11.4 Å². The average molecular weight is 870 g/mol. The van der Waals surface area contributed by atoms with Crippen LogP contribution in [0.2, 0.25) is 0 Å². The second kappa shape index (κ2) is 15.4. The van der Waals surface area contributed by atoms with Crippen molar-refractivity contribution in [3.8, 4) is 39.5 Å². The van der Waals surface area contributed by atoms with E-state index in [1.807, 2.05) is 85.1 Å². The third-order valence-electron chi connectivity index (χ3n) is 9.13. The molecule has 9 rings (SSSR count). The summed E-state index contributed by atoms with van der Waals surface area (Å²) in [4.78, 5) is 9.28. The van der Waals surface area contributed by atoms with Crippen molar-refractivity contribution in [3.05, 3.63) is 151 Å². The van der Waals surface area contributed by atoms with E-state index in [0.717, 1.165) is 44.4 Å². The molecule has 0 saturated heterocycles. The van der Waals surface area contributed by atoms with Crippen LogP contribution in [0, 0.1) is 12.1 Å². The third kappa shape index (κ3) is 6.89. The third-order valence-corrected chi connectivity index (χ3v) is 9.13. The number of benzene rings is 5. The molecule has 0 aliphatic heterocycles. The summed E-state index contributed by atoms with van der Waals surface area (Å²) in [6.07, 6.45) is 1.85. The standard InChI is InChI=1S/C27H23N6O.C17H12N.Ir/c1-15(2)17-10-7-11-18(16(3)4)23(17)33-26(28-25-27(33)30-32-31-29-25)21-13-8-12-20-19-9-5-6-14-22(19)34-24(20)21;1-3-7-14(8-4-1)16-11-12-18-17(13-16)15-9-5-2-6-10-15;/h5-12,14-16H,1-4H3;1-9,11-13H;/q2*-1;. The summed E-state index contributed by atoms with van der Waals surface area (Å²) in [5.41, 5.74) is 11.1. The molecule has 5 aromatic carbocycles. The van der Waals surface area contributed by atoms with E-state index in [1.165, 1.54) is 22.3 Å². The molecule has 9 heteroatoms. The molecular formula is C44H35IrN7O-2. The first-order valence-corrected chi connectivity index (χ1v) is 17.4. The predicted octanol–water partition coefficient (Wildman–Crippen LogP) is 10.4. The smallest absolute Gasteiger partial charge is 0.214 e. The number of nitrogens with zero attached hydrogens (tertiary/aromatic N) is 7. The number of pyridine rings is 1. The van der Waals surface area contributed by atoms with Gasteiger partial charge in [-0.2, -0.15) is 0 Å². The fourth-order valence-electron chi connectivity index (χ4n) is 6.63. The van der Waals surface area contributed by atoms with Crippen LogP contribution in [0.3, 0.4) is 0 Å². The van der Waals surface area contributed by atoms with Crippen molar-refractivity contribution in [1.82, 2.24) is 35.2 Å². The molecular weight excluding hydrogens is 835 g/mol. The molecule has 0 saturated carbocycles. The molecule has 0 unspecified atom stereocenters. The van der Waals surface area contributed by atoms with E-state index in [0.29, 0.717) is 17.1 Å². The molecule has 53 heavy (non-hydrogen) atoms. The van der Waals surface area contributed by atoms with Gasteiger partial charge in [-0.05, 0) is 62.3 Å². The molecule has 263 valence electrons. The molecule has 1 radical (unpaired) electrons. The monoisotopic (exact) mass is 870 g/mol. The first-order valence-electron chi connectivity index (χ1n) is 17.4. The fourth-order valence-corrected chi connectivity index (χ4v) is 6.63. The number of hydrogen-bond donors (Lipinski definition) is 0. The van der Waals surface area contributed by atoms with Gasteiger partial charge in [-0.25, -0.2) is 0 Å². The largest absolute Gasteiger partial charge is 0.501 e. The van der Waals surface area contributed by atoms with E-state index in [-0.39, 0.29) is 31.9 Å². The van der Waals surface area contributed by atoms with E-state index in [4.69, 9.17) is 9.40 Å². The first kappa shape index (κ1) is 35.5. The molecule has 0 atom stereocenters. The van der Waals surface area contributed by atoms with Gasteiger partial charge in [0.2, 0.25) is 11.3 Å². The Morgan fingerprint density at radius 3 is 2.15 bits per heavy atom. The number of fused-ring (bicyclic) bond motifs is 4. The zero-order chi connectivity index (χ0) is 35.6. The Bertz CT molecular complexity index is 2570. The molecule has 0 fully saturated rings. The summed E-state index contributed by atoms with van der Waals surface area (Å²) < 4.78 is 8.38. The summed E-state index contributed by atoms with van der Waals surface area (Å²) in [6, 6.07) is 47.4. The fraction of sp³-hybridized carbons (Fsp3) is 0.136. The van der Waals surface area contributed by atoms with Crippen molar-refractivity contribution in [2.24, 2.45) is 0 Å². The van der Waals surface area contributed by atoms with Crippen LogP contribution < -0.4 is 0 Å². The second-order valence-electron chi connectivity index (χ2n) is 13.2. The number of furan rings is 1. The van der Waals surface area contributed by atoms with Crippen LogP contribution in [0.1, 0.15) is 50.7 Å². The van der Waals surface area contributed by atoms with Crippen molar-refractivity contribution < 1.29 is 24.5 Å². The van der Waals surface area contributed by atoms with Crippen LogP contribution in [-0.2, 0) is 20.1 Å². The zero-order valence-electron chi connectivity index (χ0n) is 29.7. The van der Waals surface area contributed by atoms with Crippen LogP contribution in [0.15, 0.2) is 132 Å². The van der Waals surface area contributed by atoms with E-state index in [2.05, 4.69) is 112 Å². The maximum absolute atomic E-state index is 6.32. The van der Waals surface area contributed by atoms with E-state index in [9.17, 15) is 0 Å². The van der Waals surface area contributed by atoms with Gasteiger partial charge in [0.1, 0.15) is 5.58 Å². The van der Waals surface area contributed by atoms with Crippen molar-refractivity contribution in [1.29, 1.82) is 0 Å². The minimum atomic E-state index is 0. The maximum atomic E-state index is 6.32. The SMILES string of the molecule is CC(C)c1cccc(C(C)C)c1-n1c(-c2[c-]ccc3c2oc2ccccc23)nc2nnnnc21.[Ir].[c-]1ccccc1-c1cc(-c2ccccc2)ccn1. The zero-order valence-corrected chi connectivity index (χ0v) is 32.0. The Morgan fingerprint density at radius 2 is 1.40 bits per heavy atom. The average Bonchev–Trinajstić information content (AvgIpc) is 3.77. The molecule has 9 aromatic rings. The number of imidazole rings is 1. The quantitative estimate of drug-likeness (QED) is 0.154. The predicted molar refractivity (Wildman–Crippen MR) is 206 cm³/mol. The molecule has 4 aromatic heterocycles. The van der Waals surface area contributed by atoms with Crippen molar-refractivity contribution in [2.75, 3.05) is 0 Å².